The van der Waals surface area contributed by atoms with Gasteiger partial charge in [-0.05, 0) is 61.1 Å². The quantitative estimate of drug-likeness (QED) is 0.610. The molecular weight excluding hydrogens is 390 g/mol. The Kier molecular flexibility index (Phi) is 4.78. The summed E-state index contributed by atoms with van der Waals surface area (Å²) < 4.78 is 1.71. The molecule has 0 spiro atoms. The maximum atomic E-state index is 12.4. The molecule has 1 aromatic heterocycles. The van der Waals surface area contributed by atoms with Crippen LogP contribution in [-0.4, -0.2) is 28.1 Å². The van der Waals surface area contributed by atoms with Crippen LogP contribution in [0.4, 0.5) is 11.5 Å². The lowest BCUT2D eigenvalue weighted by molar-refractivity contribution is -0.112. The molecular formula is C24H23N5O2. The number of anilines is 2. The number of nitrogens with zero attached hydrogens (tertiary/aromatic N) is 2. The van der Waals surface area contributed by atoms with Crippen LogP contribution in [0.15, 0.2) is 60.3 Å². The molecule has 0 radical (unpaired) electrons. The van der Waals surface area contributed by atoms with Crippen molar-refractivity contribution in [3.05, 3.63) is 71.4 Å². The van der Waals surface area contributed by atoms with Crippen molar-refractivity contribution < 1.29 is 9.59 Å². The van der Waals surface area contributed by atoms with E-state index in [9.17, 15) is 9.59 Å². The van der Waals surface area contributed by atoms with Crippen LogP contribution in [-0.2, 0) is 11.2 Å². The second kappa shape index (κ2) is 7.75. The fraction of sp³-hybridized carbons (Fsp3) is 0.208. The fourth-order valence-corrected chi connectivity index (χ4v) is 4.15. The van der Waals surface area contributed by atoms with Gasteiger partial charge in [0, 0.05) is 35.1 Å². The molecule has 0 saturated heterocycles. The number of amides is 2. The number of carbonyl (C=O) groups excluding carboxylic acids is 2. The van der Waals surface area contributed by atoms with Gasteiger partial charge in [0.05, 0.1) is 5.69 Å². The van der Waals surface area contributed by atoms with Gasteiger partial charge in [-0.3, -0.25) is 9.59 Å². The molecule has 156 valence electrons. The summed E-state index contributed by atoms with van der Waals surface area (Å²) in [4.78, 5) is 24.4. The second-order valence-electron chi connectivity index (χ2n) is 7.88. The van der Waals surface area contributed by atoms with Gasteiger partial charge in [0.1, 0.15) is 0 Å². The van der Waals surface area contributed by atoms with E-state index in [4.69, 9.17) is 5.73 Å². The fourth-order valence-electron chi connectivity index (χ4n) is 4.15. The zero-order valence-corrected chi connectivity index (χ0v) is 17.0. The van der Waals surface area contributed by atoms with E-state index in [1.807, 2.05) is 54.7 Å². The number of rotatable bonds is 4. The Morgan fingerprint density at radius 2 is 2.03 bits per heavy atom. The normalized spacial score (nSPS) is 15.2. The highest BCUT2D eigenvalue weighted by Gasteiger charge is 2.19. The van der Waals surface area contributed by atoms with Gasteiger partial charge in [0.2, 0.25) is 0 Å². The highest BCUT2D eigenvalue weighted by molar-refractivity contribution is 6.04. The summed E-state index contributed by atoms with van der Waals surface area (Å²) >= 11 is 0. The third-order valence-electron chi connectivity index (χ3n) is 5.78. The Balaban J connectivity index is 1.42. The van der Waals surface area contributed by atoms with E-state index >= 15 is 0 Å². The van der Waals surface area contributed by atoms with Crippen molar-refractivity contribution in [2.45, 2.75) is 25.7 Å². The van der Waals surface area contributed by atoms with Gasteiger partial charge in [-0.2, -0.15) is 5.10 Å². The molecule has 7 nitrogen and oxygen atoms in total. The molecule has 2 amide bonds. The van der Waals surface area contributed by atoms with Gasteiger partial charge in [-0.25, -0.2) is 4.68 Å². The summed E-state index contributed by atoms with van der Waals surface area (Å²) in [5.74, 6) is 0.322. The van der Waals surface area contributed by atoms with Crippen molar-refractivity contribution >= 4 is 23.3 Å². The molecule has 2 heterocycles. The molecule has 2 aliphatic rings. The first-order valence-electron chi connectivity index (χ1n) is 10.5. The molecule has 31 heavy (non-hydrogen) atoms. The minimum absolute atomic E-state index is 0.0382. The minimum atomic E-state index is -0.0478. The van der Waals surface area contributed by atoms with E-state index in [1.54, 1.807) is 4.68 Å². The van der Waals surface area contributed by atoms with Crippen molar-refractivity contribution in [2.75, 3.05) is 17.6 Å². The van der Waals surface area contributed by atoms with Crippen LogP contribution in [0.2, 0.25) is 0 Å². The molecule has 0 atom stereocenters. The predicted octanol–water partition coefficient (Wildman–Crippen LogP) is 3.46. The minimum Gasteiger partial charge on any atom is -0.382 e. The summed E-state index contributed by atoms with van der Waals surface area (Å²) in [7, 11) is 0. The molecule has 2 aromatic carbocycles. The monoisotopic (exact) mass is 413 g/mol. The van der Waals surface area contributed by atoms with Crippen molar-refractivity contribution in [2.24, 2.45) is 0 Å². The SMILES string of the molecule is Nc1nn(-c2cccc(NC(=O)C3=CCCC3)c2)cc1-c1ccc2c(c1)CCNC2=O. The Labute approximate surface area is 179 Å². The van der Waals surface area contributed by atoms with E-state index in [2.05, 4.69) is 15.7 Å². The van der Waals surface area contributed by atoms with E-state index in [1.165, 1.54) is 0 Å². The van der Waals surface area contributed by atoms with Gasteiger partial charge in [0.15, 0.2) is 5.82 Å². The van der Waals surface area contributed by atoms with Gasteiger partial charge >= 0.3 is 0 Å². The molecule has 1 aliphatic heterocycles. The number of allylic oxidation sites excluding steroid dienone is 1. The maximum Gasteiger partial charge on any atom is 0.251 e. The van der Waals surface area contributed by atoms with Gasteiger partial charge < -0.3 is 16.4 Å². The first-order chi connectivity index (χ1) is 15.1. The van der Waals surface area contributed by atoms with E-state index in [0.29, 0.717) is 23.6 Å². The van der Waals surface area contributed by atoms with Gasteiger partial charge in [-0.15, -0.1) is 0 Å². The van der Waals surface area contributed by atoms with Crippen LogP contribution < -0.4 is 16.4 Å². The van der Waals surface area contributed by atoms with E-state index in [0.717, 1.165) is 53.6 Å². The molecule has 0 fully saturated rings. The molecule has 3 aromatic rings. The first kappa shape index (κ1) is 19.1. The average Bonchev–Trinajstić information content (AvgIpc) is 3.44. The number of hydrogen-bond acceptors (Lipinski definition) is 4. The number of benzene rings is 2. The Hall–Kier alpha value is -3.87. The summed E-state index contributed by atoms with van der Waals surface area (Å²) in [6.07, 6.45) is 7.49. The van der Waals surface area contributed by atoms with Crippen LogP contribution in [0, 0.1) is 0 Å². The van der Waals surface area contributed by atoms with E-state index in [-0.39, 0.29) is 11.8 Å². The topological polar surface area (TPSA) is 102 Å². The molecule has 5 rings (SSSR count). The number of nitrogens with one attached hydrogen (secondary N) is 2. The molecule has 0 unspecified atom stereocenters. The summed E-state index contributed by atoms with van der Waals surface area (Å²) in [6, 6.07) is 13.3. The first-order valence-corrected chi connectivity index (χ1v) is 10.5. The highest BCUT2D eigenvalue weighted by atomic mass is 16.2. The summed E-state index contributed by atoms with van der Waals surface area (Å²) in [6.45, 7) is 0.638. The number of nitrogen functional groups attached to an aromatic ring is 1. The smallest absolute Gasteiger partial charge is 0.251 e. The lowest BCUT2D eigenvalue weighted by atomic mass is 9.96. The third-order valence-corrected chi connectivity index (χ3v) is 5.78. The number of nitrogens with two attached hydrogens (primary N) is 1. The van der Waals surface area contributed by atoms with Crippen LogP contribution in [0.3, 0.4) is 0 Å². The third kappa shape index (κ3) is 3.70. The predicted molar refractivity (Wildman–Crippen MR) is 120 cm³/mol. The highest BCUT2D eigenvalue weighted by Crippen LogP contribution is 2.29. The van der Waals surface area contributed by atoms with Crippen LogP contribution >= 0.6 is 0 Å². The molecule has 0 saturated carbocycles. The van der Waals surface area contributed by atoms with Crippen molar-refractivity contribution in [1.82, 2.24) is 15.1 Å². The van der Waals surface area contributed by atoms with Crippen LogP contribution in [0.5, 0.6) is 0 Å². The Morgan fingerprint density at radius 1 is 1.13 bits per heavy atom. The average molecular weight is 413 g/mol. The Morgan fingerprint density at radius 3 is 2.87 bits per heavy atom. The number of carbonyl (C=O) groups is 2. The van der Waals surface area contributed by atoms with Gasteiger partial charge in [-0.1, -0.05) is 24.3 Å². The standard InChI is InChI=1S/C24H23N5O2/c25-22-21(16-8-9-20-17(12-16)10-11-26-24(20)31)14-29(28-22)19-7-3-6-18(13-19)27-23(30)15-4-1-2-5-15/h3-4,6-9,12-14H,1-2,5,10-11H2,(H2,25,28)(H,26,31)(H,27,30). The van der Waals surface area contributed by atoms with Crippen molar-refractivity contribution in [3.63, 3.8) is 0 Å². The second-order valence-corrected chi connectivity index (χ2v) is 7.88. The van der Waals surface area contributed by atoms with Crippen molar-refractivity contribution in [1.29, 1.82) is 0 Å². The lowest BCUT2D eigenvalue weighted by Gasteiger charge is -2.17. The van der Waals surface area contributed by atoms with Gasteiger partial charge in [0.25, 0.3) is 11.8 Å². The maximum absolute atomic E-state index is 12.4. The molecule has 0 bridgehead atoms. The molecule has 1 aliphatic carbocycles. The lowest BCUT2D eigenvalue weighted by Crippen LogP contribution is -2.31. The number of hydrogen-bond donors (Lipinski definition) is 3. The largest absolute Gasteiger partial charge is 0.382 e. The van der Waals surface area contributed by atoms with Crippen LogP contribution in [0.25, 0.3) is 16.8 Å². The summed E-state index contributed by atoms with van der Waals surface area (Å²) in [5, 5.41) is 10.3. The summed E-state index contributed by atoms with van der Waals surface area (Å²) in [5.41, 5.74) is 12.0. The zero-order chi connectivity index (χ0) is 21.4. The van der Waals surface area contributed by atoms with Crippen molar-refractivity contribution in [3.8, 4) is 16.8 Å². The van der Waals surface area contributed by atoms with E-state index < -0.39 is 0 Å². The Bertz CT molecular complexity index is 1220. The molecule has 4 N–H and O–H groups in total. The number of aromatic nitrogens is 2. The number of fused-ring (bicyclic) bond motifs is 1. The zero-order valence-electron chi connectivity index (χ0n) is 17.0. The van der Waals surface area contributed by atoms with Crippen LogP contribution in [0.1, 0.15) is 35.2 Å². The molecule has 7 heteroatoms.